The number of carbonyl (C=O) groups is 1. The summed E-state index contributed by atoms with van der Waals surface area (Å²) in [6.45, 7) is 9.88. The van der Waals surface area contributed by atoms with Crippen LogP contribution in [0.15, 0.2) is 23.7 Å². The Bertz CT molecular complexity index is 663. The molecular weight excluding hydrogens is 282 g/mol. The number of morpholine rings is 1. The molecule has 0 bridgehead atoms. The van der Waals surface area contributed by atoms with E-state index in [1.807, 2.05) is 11.8 Å². The third-order valence-corrected chi connectivity index (χ3v) is 3.55. The lowest BCUT2D eigenvalue weighted by atomic mass is 10.0. The molecule has 1 aromatic rings. The van der Waals surface area contributed by atoms with E-state index in [2.05, 4.69) is 24.4 Å². The van der Waals surface area contributed by atoms with Crippen LogP contribution in [0.1, 0.15) is 18.1 Å². The second kappa shape index (κ2) is 6.41. The number of nitrogens with zero attached hydrogens (tertiary/aromatic N) is 3. The Morgan fingerprint density at radius 2 is 2.32 bits per heavy atom. The van der Waals surface area contributed by atoms with E-state index in [9.17, 15) is 9.90 Å². The lowest BCUT2D eigenvalue weighted by Crippen LogP contribution is -2.50. The van der Waals surface area contributed by atoms with Gasteiger partial charge in [-0.3, -0.25) is 4.99 Å². The number of nitriles is 1. The molecular formula is C16H17N3O3. The van der Waals surface area contributed by atoms with Gasteiger partial charge < -0.3 is 14.7 Å². The molecule has 1 fully saturated rings. The third kappa shape index (κ3) is 2.85. The summed E-state index contributed by atoms with van der Waals surface area (Å²) in [6, 6.07) is 5.50. The maximum absolute atomic E-state index is 11.2. The van der Waals surface area contributed by atoms with Crippen molar-refractivity contribution < 1.29 is 14.6 Å². The highest BCUT2D eigenvalue weighted by Gasteiger charge is 2.31. The molecule has 0 aromatic heterocycles. The van der Waals surface area contributed by atoms with Crippen LogP contribution in [0.4, 0.5) is 11.4 Å². The number of benzene rings is 1. The van der Waals surface area contributed by atoms with Crippen LogP contribution >= 0.6 is 0 Å². The predicted molar refractivity (Wildman–Crippen MR) is 84.6 cm³/mol. The van der Waals surface area contributed by atoms with E-state index in [4.69, 9.17) is 10.00 Å². The quantitative estimate of drug-likeness (QED) is 0.861. The van der Waals surface area contributed by atoms with Gasteiger partial charge in [-0.15, -0.1) is 0 Å². The molecule has 2 atom stereocenters. The summed E-state index contributed by atoms with van der Waals surface area (Å²) in [4.78, 5) is 17.1. The van der Waals surface area contributed by atoms with Crippen LogP contribution < -0.4 is 4.90 Å². The fourth-order valence-corrected chi connectivity index (χ4v) is 2.62. The number of aliphatic carboxylic acids is 1. The van der Waals surface area contributed by atoms with Gasteiger partial charge in [0, 0.05) is 17.8 Å². The van der Waals surface area contributed by atoms with E-state index < -0.39 is 12.1 Å². The van der Waals surface area contributed by atoms with E-state index >= 15 is 0 Å². The van der Waals surface area contributed by atoms with Gasteiger partial charge in [0.05, 0.1) is 23.9 Å². The van der Waals surface area contributed by atoms with Crippen LogP contribution in [0.5, 0.6) is 0 Å². The molecule has 0 radical (unpaired) electrons. The Morgan fingerprint density at radius 1 is 1.59 bits per heavy atom. The van der Waals surface area contributed by atoms with Crippen LogP contribution in [0.25, 0.3) is 6.08 Å². The molecule has 0 aliphatic carbocycles. The zero-order valence-corrected chi connectivity index (χ0v) is 12.3. The highest BCUT2D eigenvalue weighted by Crippen LogP contribution is 2.35. The number of carboxylic acids is 1. The fourth-order valence-electron chi connectivity index (χ4n) is 2.62. The Balaban J connectivity index is 2.48. The minimum Gasteiger partial charge on any atom is -0.479 e. The molecule has 1 aliphatic heterocycles. The molecule has 114 valence electrons. The van der Waals surface area contributed by atoms with Gasteiger partial charge >= 0.3 is 5.97 Å². The third-order valence-electron chi connectivity index (χ3n) is 3.55. The van der Waals surface area contributed by atoms with Crippen LogP contribution in [0.2, 0.25) is 0 Å². The Kier molecular flexibility index (Phi) is 4.59. The second-order valence-corrected chi connectivity index (χ2v) is 5.05. The van der Waals surface area contributed by atoms with Gasteiger partial charge in [0.25, 0.3) is 0 Å². The van der Waals surface area contributed by atoms with Crippen molar-refractivity contribution in [3.8, 4) is 6.07 Å². The highest BCUT2D eigenvalue weighted by atomic mass is 16.5. The van der Waals surface area contributed by atoms with E-state index in [1.54, 1.807) is 18.2 Å². The first-order valence-corrected chi connectivity index (χ1v) is 6.81. The number of hydrogen-bond acceptors (Lipinski definition) is 5. The standard InChI is InChI=1S/C16H17N3O3/c1-4-12-13(6-5-11(7-17)15(12)18-3)19-8-10(2)22-14(9-19)16(20)21/h4-6,10,14H,1,3,8-9H2,2H3,(H,20,21). The van der Waals surface area contributed by atoms with Gasteiger partial charge in [-0.2, -0.15) is 5.26 Å². The zero-order chi connectivity index (χ0) is 16.3. The van der Waals surface area contributed by atoms with Gasteiger partial charge in [0.2, 0.25) is 0 Å². The van der Waals surface area contributed by atoms with Crippen LogP contribution in [0.3, 0.4) is 0 Å². The summed E-state index contributed by atoms with van der Waals surface area (Å²) in [6.07, 6.45) is 0.497. The average Bonchev–Trinajstić information content (AvgIpc) is 2.52. The Hall–Kier alpha value is -2.65. The molecule has 0 saturated carbocycles. The van der Waals surface area contributed by atoms with Crippen LogP contribution in [0, 0.1) is 11.3 Å². The van der Waals surface area contributed by atoms with Gasteiger partial charge in [-0.1, -0.05) is 12.7 Å². The molecule has 2 unspecified atom stereocenters. The van der Waals surface area contributed by atoms with Crippen molar-refractivity contribution in [2.45, 2.75) is 19.1 Å². The van der Waals surface area contributed by atoms with Crippen molar-refractivity contribution in [3.63, 3.8) is 0 Å². The van der Waals surface area contributed by atoms with Gasteiger partial charge in [0.15, 0.2) is 6.10 Å². The second-order valence-electron chi connectivity index (χ2n) is 5.05. The summed E-state index contributed by atoms with van der Waals surface area (Å²) in [5.41, 5.74) is 2.32. The number of rotatable bonds is 4. The molecule has 1 aliphatic rings. The van der Waals surface area contributed by atoms with Crippen molar-refractivity contribution in [3.05, 3.63) is 29.8 Å². The first-order chi connectivity index (χ1) is 10.5. The SMILES string of the molecule is C=Cc1c(N2CC(C)OC(C(=O)O)C2)ccc(C#N)c1N=C. The lowest BCUT2D eigenvalue weighted by Gasteiger charge is -2.37. The van der Waals surface area contributed by atoms with Gasteiger partial charge in [-0.05, 0) is 25.8 Å². The summed E-state index contributed by atoms with van der Waals surface area (Å²) in [7, 11) is 0. The van der Waals surface area contributed by atoms with Crippen molar-refractivity contribution in [1.29, 1.82) is 5.26 Å². The van der Waals surface area contributed by atoms with Crippen molar-refractivity contribution in [2.24, 2.45) is 4.99 Å². The molecule has 22 heavy (non-hydrogen) atoms. The van der Waals surface area contributed by atoms with Crippen LogP contribution in [-0.2, 0) is 9.53 Å². The first kappa shape index (κ1) is 15.7. The summed E-state index contributed by atoms with van der Waals surface area (Å²) in [5.74, 6) is -0.993. The minimum absolute atomic E-state index is 0.219. The van der Waals surface area contributed by atoms with Crippen molar-refractivity contribution in [1.82, 2.24) is 0 Å². The van der Waals surface area contributed by atoms with E-state index in [1.165, 1.54) is 0 Å². The molecule has 0 spiro atoms. The summed E-state index contributed by atoms with van der Waals surface area (Å²) >= 11 is 0. The van der Waals surface area contributed by atoms with Crippen LogP contribution in [-0.4, -0.2) is 43.1 Å². The van der Waals surface area contributed by atoms with E-state index in [0.717, 1.165) is 5.69 Å². The molecule has 6 heteroatoms. The highest BCUT2D eigenvalue weighted by molar-refractivity contribution is 5.82. The Morgan fingerprint density at radius 3 is 2.86 bits per heavy atom. The largest absolute Gasteiger partial charge is 0.479 e. The molecule has 1 aromatic carbocycles. The first-order valence-electron chi connectivity index (χ1n) is 6.81. The maximum Gasteiger partial charge on any atom is 0.334 e. The lowest BCUT2D eigenvalue weighted by molar-refractivity contribution is -0.154. The predicted octanol–water partition coefficient (Wildman–Crippen LogP) is 2.21. The monoisotopic (exact) mass is 299 g/mol. The van der Waals surface area contributed by atoms with E-state index in [0.29, 0.717) is 23.4 Å². The topological polar surface area (TPSA) is 85.9 Å². The molecule has 2 rings (SSSR count). The minimum atomic E-state index is -0.993. The van der Waals surface area contributed by atoms with Gasteiger partial charge in [-0.25, -0.2) is 4.79 Å². The summed E-state index contributed by atoms with van der Waals surface area (Å²) in [5, 5.41) is 18.3. The maximum atomic E-state index is 11.2. The normalized spacial score (nSPS) is 21.0. The van der Waals surface area contributed by atoms with Crippen molar-refractivity contribution >= 4 is 30.1 Å². The Labute approximate surface area is 129 Å². The number of ether oxygens (including phenoxy) is 1. The molecule has 0 amide bonds. The fraction of sp³-hybridized carbons (Fsp3) is 0.312. The molecule has 1 heterocycles. The summed E-state index contributed by atoms with van der Waals surface area (Å²) < 4.78 is 5.42. The molecule has 6 nitrogen and oxygen atoms in total. The van der Waals surface area contributed by atoms with E-state index in [-0.39, 0.29) is 12.6 Å². The average molecular weight is 299 g/mol. The molecule has 1 saturated heterocycles. The van der Waals surface area contributed by atoms with Crippen molar-refractivity contribution in [2.75, 3.05) is 18.0 Å². The van der Waals surface area contributed by atoms with Gasteiger partial charge in [0.1, 0.15) is 6.07 Å². The smallest absolute Gasteiger partial charge is 0.334 e. The number of aliphatic imine (C=N–C) groups is 1. The molecule has 1 N–H and O–H groups in total. The zero-order valence-electron chi connectivity index (χ0n) is 12.3. The number of carboxylic acid groups (broad SMARTS) is 1. The number of hydrogen-bond donors (Lipinski definition) is 1. The number of anilines is 1.